The summed E-state index contributed by atoms with van der Waals surface area (Å²) < 4.78 is 10.8. The molecular weight excluding hydrogens is 456 g/mol. The van der Waals surface area contributed by atoms with Gasteiger partial charge in [0, 0.05) is 17.7 Å². The van der Waals surface area contributed by atoms with Gasteiger partial charge < -0.3 is 19.7 Å². The highest BCUT2D eigenvalue weighted by molar-refractivity contribution is 5.95. The molecule has 36 heavy (non-hydrogen) atoms. The summed E-state index contributed by atoms with van der Waals surface area (Å²) >= 11 is 0. The van der Waals surface area contributed by atoms with E-state index in [0.29, 0.717) is 54.6 Å². The highest BCUT2D eigenvalue weighted by atomic mass is 16.5. The average molecular weight is 491 g/mol. The first-order valence-corrected chi connectivity index (χ1v) is 13.1. The summed E-state index contributed by atoms with van der Waals surface area (Å²) in [5.41, 5.74) is 2.33. The van der Waals surface area contributed by atoms with E-state index in [-0.39, 0.29) is 23.7 Å². The van der Waals surface area contributed by atoms with Crippen molar-refractivity contribution < 1.29 is 19.1 Å². The van der Waals surface area contributed by atoms with Gasteiger partial charge in [-0.05, 0) is 80.9 Å². The van der Waals surface area contributed by atoms with Crippen molar-refractivity contribution >= 4 is 17.6 Å². The lowest BCUT2D eigenvalue weighted by molar-refractivity contribution is -0.140. The molecule has 8 heteroatoms. The fourth-order valence-electron chi connectivity index (χ4n) is 7.60. The van der Waals surface area contributed by atoms with E-state index >= 15 is 0 Å². The molecule has 2 amide bonds. The minimum absolute atomic E-state index is 0.00460. The molecule has 1 aromatic carbocycles. The molecule has 0 unspecified atom stereocenters. The SMILES string of the molecule is COc1ccc(OC)c(CC(=O)N2CCc3c(ncnc3NC(=O)C34CC5CC(CC(C5)C3)C4)C2)c1. The number of nitrogens with one attached hydrogen (secondary N) is 1. The fraction of sp³-hybridized carbons (Fsp3) is 0.571. The van der Waals surface area contributed by atoms with Crippen molar-refractivity contribution in [3.05, 3.63) is 41.3 Å². The van der Waals surface area contributed by atoms with Crippen LogP contribution in [0.1, 0.15) is 55.3 Å². The number of benzene rings is 1. The molecule has 2 heterocycles. The van der Waals surface area contributed by atoms with Crippen LogP contribution in [0.15, 0.2) is 24.5 Å². The van der Waals surface area contributed by atoms with Crippen LogP contribution in [-0.2, 0) is 29.0 Å². The number of fused-ring (bicyclic) bond motifs is 1. The van der Waals surface area contributed by atoms with Gasteiger partial charge in [0.2, 0.25) is 11.8 Å². The van der Waals surface area contributed by atoms with E-state index in [0.717, 1.165) is 36.1 Å². The van der Waals surface area contributed by atoms with Crippen molar-refractivity contribution in [2.24, 2.45) is 23.2 Å². The molecule has 190 valence electrons. The highest BCUT2D eigenvalue weighted by Gasteiger charge is 2.54. The first-order valence-electron chi connectivity index (χ1n) is 13.1. The summed E-state index contributed by atoms with van der Waals surface area (Å²) in [5, 5.41) is 3.21. The molecule has 0 saturated heterocycles. The van der Waals surface area contributed by atoms with Crippen molar-refractivity contribution in [3.63, 3.8) is 0 Å². The van der Waals surface area contributed by atoms with Crippen LogP contribution >= 0.6 is 0 Å². The molecule has 1 aliphatic heterocycles. The van der Waals surface area contributed by atoms with E-state index in [1.807, 2.05) is 23.1 Å². The number of aromatic nitrogens is 2. The molecule has 0 spiro atoms. The van der Waals surface area contributed by atoms with Crippen LogP contribution in [0.4, 0.5) is 5.82 Å². The minimum Gasteiger partial charge on any atom is -0.497 e. The largest absolute Gasteiger partial charge is 0.497 e. The highest BCUT2D eigenvalue weighted by Crippen LogP contribution is 2.60. The van der Waals surface area contributed by atoms with Crippen LogP contribution in [0.3, 0.4) is 0 Å². The molecule has 2 aromatic rings. The van der Waals surface area contributed by atoms with Gasteiger partial charge in [-0.25, -0.2) is 9.97 Å². The smallest absolute Gasteiger partial charge is 0.231 e. The molecule has 0 radical (unpaired) electrons. The Balaban J connectivity index is 1.16. The third-order valence-electron chi connectivity index (χ3n) is 8.94. The number of methoxy groups -OCH3 is 2. The second-order valence-electron chi connectivity index (χ2n) is 11.2. The lowest BCUT2D eigenvalue weighted by Gasteiger charge is -2.55. The van der Waals surface area contributed by atoms with Crippen molar-refractivity contribution in [2.45, 2.75) is 57.9 Å². The zero-order valence-electron chi connectivity index (χ0n) is 21.1. The maximum atomic E-state index is 13.6. The maximum absolute atomic E-state index is 13.6. The Bertz CT molecular complexity index is 1160. The number of ether oxygens (including phenoxy) is 2. The van der Waals surface area contributed by atoms with Crippen LogP contribution in [0.5, 0.6) is 11.5 Å². The van der Waals surface area contributed by atoms with E-state index in [1.165, 1.54) is 25.6 Å². The van der Waals surface area contributed by atoms with Crippen LogP contribution in [-0.4, -0.2) is 47.4 Å². The Labute approximate surface area is 211 Å². The van der Waals surface area contributed by atoms with Crippen molar-refractivity contribution in [3.8, 4) is 11.5 Å². The molecule has 4 fully saturated rings. The quantitative estimate of drug-likeness (QED) is 0.663. The number of amides is 2. The molecule has 8 nitrogen and oxygen atoms in total. The molecule has 4 saturated carbocycles. The predicted octanol–water partition coefficient (Wildman–Crippen LogP) is 3.78. The predicted molar refractivity (Wildman–Crippen MR) is 134 cm³/mol. The fourth-order valence-corrected chi connectivity index (χ4v) is 7.60. The standard InChI is InChI=1S/C28H34N4O4/c1-35-21-3-4-24(36-2)20(10-21)11-25(33)32-6-5-22-23(15-32)29-16-30-26(22)31-27(34)28-12-17-7-18(13-28)9-19(8-17)14-28/h3-4,10,16-19H,5-9,11-15H2,1-2H3,(H,29,30,31,34). The topological polar surface area (TPSA) is 93.7 Å². The van der Waals surface area contributed by atoms with E-state index < -0.39 is 0 Å². The Kier molecular flexibility index (Phi) is 5.85. The van der Waals surface area contributed by atoms with Gasteiger partial charge in [-0.2, -0.15) is 0 Å². The summed E-state index contributed by atoms with van der Waals surface area (Å²) in [6.45, 7) is 0.967. The monoisotopic (exact) mass is 490 g/mol. The van der Waals surface area contributed by atoms with Crippen molar-refractivity contribution in [2.75, 3.05) is 26.1 Å². The minimum atomic E-state index is -0.223. The molecule has 1 N–H and O–H groups in total. The van der Waals surface area contributed by atoms with Gasteiger partial charge in [-0.15, -0.1) is 0 Å². The molecule has 4 bridgehead atoms. The summed E-state index contributed by atoms with van der Waals surface area (Å²) in [4.78, 5) is 37.5. The number of hydrogen-bond acceptors (Lipinski definition) is 6. The molecular formula is C28H34N4O4. The van der Waals surface area contributed by atoms with Gasteiger partial charge in [0.15, 0.2) is 0 Å². The van der Waals surface area contributed by atoms with E-state index in [4.69, 9.17) is 9.47 Å². The Morgan fingerprint density at radius 3 is 2.44 bits per heavy atom. The van der Waals surface area contributed by atoms with Gasteiger partial charge in [0.25, 0.3) is 0 Å². The zero-order chi connectivity index (χ0) is 24.9. The number of hydrogen-bond donors (Lipinski definition) is 1. The average Bonchev–Trinajstić information content (AvgIpc) is 2.87. The number of anilines is 1. The van der Waals surface area contributed by atoms with E-state index in [9.17, 15) is 9.59 Å². The second-order valence-corrected chi connectivity index (χ2v) is 11.2. The molecule has 7 rings (SSSR count). The van der Waals surface area contributed by atoms with Crippen molar-refractivity contribution in [1.29, 1.82) is 0 Å². The summed E-state index contributed by atoms with van der Waals surface area (Å²) in [5.74, 6) is 4.27. The normalized spacial score (nSPS) is 27.9. The van der Waals surface area contributed by atoms with Crippen LogP contribution < -0.4 is 14.8 Å². The van der Waals surface area contributed by atoms with Crippen LogP contribution in [0, 0.1) is 23.2 Å². The van der Waals surface area contributed by atoms with Gasteiger partial charge in [-0.1, -0.05) is 0 Å². The Hall–Kier alpha value is -3.16. The Morgan fingerprint density at radius 1 is 1.06 bits per heavy atom. The first kappa shape index (κ1) is 23.3. The van der Waals surface area contributed by atoms with Gasteiger partial charge in [0.1, 0.15) is 23.6 Å². The Morgan fingerprint density at radius 2 is 1.78 bits per heavy atom. The number of nitrogens with zero attached hydrogens (tertiary/aromatic N) is 3. The number of carbonyl (C=O) groups is 2. The van der Waals surface area contributed by atoms with Crippen LogP contribution in [0.25, 0.3) is 0 Å². The maximum Gasteiger partial charge on any atom is 0.231 e. The second kappa shape index (κ2) is 9.05. The van der Waals surface area contributed by atoms with E-state index in [1.54, 1.807) is 14.2 Å². The van der Waals surface area contributed by atoms with Gasteiger partial charge in [-0.3, -0.25) is 9.59 Å². The van der Waals surface area contributed by atoms with Gasteiger partial charge in [0.05, 0.1) is 38.3 Å². The lowest BCUT2D eigenvalue weighted by atomic mass is 9.49. The molecule has 4 aliphatic carbocycles. The van der Waals surface area contributed by atoms with E-state index in [2.05, 4.69) is 15.3 Å². The third kappa shape index (κ3) is 4.10. The third-order valence-corrected chi connectivity index (χ3v) is 8.94. The molecule has 1 aromatic heterocycles. The lowest BCUT2D eigenvalue weighted by Crippen LogP contribution is -2.52. The first-order chi connectivity index (χ1) is 17.5. The zero-order valence-corrected chi connectivity index (χ0v) is 21.1. The van der Waals surface area contributed by atoms with Crippen LogP contribution in [0.2, 0.25) is 0 Å². The van der Waals surface area contributed by atoms with Crippen molar-refractivity contribution in [1.82, 2.24) is 14.9 Å². The number of rotatable bonds is 6. The summed E-state index contributed by atoms with van der Waals surface area (Å²) in [7, 11) is 3.21. The summed E-state index contributed by atoms with van der Waals surface area (Å²) in [6.07, 6.45) is 9.33. The molecule has 5 aliphatic rings. The molecule has 0 atom stereocenters. The van der Waals surface area contributed by atoms with Gasteiger partial charge >= 0.3 is 0 Å². The summed E-state index contributed by atoms with van der Waals surface area (Å²) in [6, 6.07) is 5.48. The number of carbonyl (C=O) groups excluding carboxylic acids is 2.